The number of rotatable bonds is 13. The molecule has 1 unspecified atom stereocenters. The molecule has 0 bridgehead atoms. The SMILES string of the molecule is CN(C)CCCN(CCCN(C)C)S(=O)(=O)CCC(F)(C(F)F)C(F)(F)F. The molecule has 0 heterocycles. The van der Waals surface area contributed by atoms with Crippen LogP contribution in [0.2, 0.25) is 0 Å². The van der Waals surface area contributed by atoms with Crippen LogP contribution >= 0.6 is 0 Å². The molecule has 5 nitrogen and oxygen atoms in total. The van der Waals surface area contributed by atoms with E-state index in [0.717, 1.165) is 4.31 Å². The van der Waals surface area contributed by atoms with Crippen LogP contribution < -0.4 is 0 Å². The van der Waals surface area contributed by atoms with Crippen LogP contribution in [0.4, 0.5) is 26.3 Å². The third kappa shape index (κ3) is 8.97. The zero-order chi connectivity index (χ0) is 21.5. The minimum atomic E-state index is -5.85. The van der Waals surface area contributed by atoms with Gasteiger partial charge in [-0.15, -0.1) is 0 Å². The molecule has 0 N–H and O–H groups in total. The molecule has 1 atom stereocenters. The first kappa shape index (κ1) is 26.4. The van der Waals surface area contributed by atoms with Crippen molar-refractivity contribution < 1.29 is 34.8 Å². The van der Waals surface area contributed by atoms with E-state index in [-0.39, 0.29) is 13.1 Å². The summed E-state index contributed by atoms with van der Waals surface area (Å²) in [5.74, 6) is -1.34. The van der Waals surface area contributed by atoms with E-state index in [1.54, 1.807) is 38.0 Å². The maximum absolute atomic E-state index is 13.8. The Labute approximate surface area is 157 Å². The minimum absolute atomic E-state index is 0.0218. The van der Waals surface area contributed by atoms with Gasteiger partial charge in [-0.25, -0.2) is 25.9 Å². The normalized spacial score (nSPS) is 15.9. The monoisotopic (exact) mass is 429 g/mol. The zero-order valence-corrected chi connectivity index (χ0v) is 16.9. The second kappa shape index (κ2) is 10.8. The third-order valence-electron chi connectivity index (χ3n) is 3.96. The summed E-state index contributed by atoms with van der Waals surface area (Å²) in [6.07, 6.45) is -11.2. The van der Waals surface area contributed by atoms with Gasteiger partial charge in [0.2, 0.25) is 10.0 Å². The number of sulfonamides is 1. The number of nitrogens with zero attached hydrogens (tertiary/aromatic N) is 3. The molecule has 0 saturated carbocycles. The topological polar surface area (TPSA) is 43.9 Å². The van der Waals surface area contributed by atoms with E-state index in [4.69, 9.17) is 0 Å². The van der Waals surface area contributed by atoms with Crippen molar-refractivity contribution in [1.82, 2.24) is 14.1 Å². The highest BCUT2D eigenvalue weighted by Gasteiger charge is 2.62. The molecule has 0 rings (SSSR count). The number of halogens is 6. The van der Waals surface area contributed by atoms with Gasteiger partial charge in [0, 0.05) is 19.5 Å². The van der Waals surface area contributed by atoms with Gasteiger partial charge in [-0.2, -0.15) is 13.2 Å². The molecule has 0 aromatic carbocycles. The summed E-state index contributed by atoms with van der Waals surface area (Å²) in [5, 5.41) is 0. The average Bonchev–Trinajstić information content (AvgIpc) is 2.49. The fourth-order valence-electron chi connectivity index (χ4n) is 2.30. The second-order valence-corrected chi connectivity index (χ2v) is 9.03. The Hall–Kier alpha value is -0.590. The molecule has 27 heavy (non-hydrogen) atoms. The molecule has 0 saturated heterocycles. The van der Waals surface area contributed by atoms with Crippen LogP contribution in [-0.2, 0) is 10.0 Å². The standard InChI is InChI=1S/C15H29F6N3O2S/c1-22(2)8-5-10-24(11-6-9-23(3)4)27(25,26)12-7-14(18,13(16)17)15(19,20)21/h13H,5-12H2,1-4H3. The summed E-state index contributed by atoms with van der Waals surface area (Å²) in [6.45, 7) is 1.11. The van der Waals surface area contributed by atoms with E-state index >= 15 is 0 Å². The third-order valence-corrected chi connectivity index (χ3v) is 5.83. The Morgan fingerprint density at radius 3 is 1.52 bits per heavy atom. The molecule has 0 aromatic rings. The fraction of sp³-hybridized carbons (Fsp3) is 1.00. The molecule has 0 amide bonds. The van der Waals surface area contributed by atoms with E-state index in [1.165, 1.54) is 0 Å². The van der Waals surface area contributed by atoms with Gasteiger partial charge in [0.05, 0.1) is 5.75 Å². The summed E-state index contributed by atoms with van der Waals surface area (Å²) in [5.41, 5.74) is -4.85. The van der Waals surface area contributed by atoms with Gasteiger partial charge in [0.15, 0.2) is 0 Å². The molecule has 0 aliphatic carbocycles. The molecule has 0 aliphatic rings. The van der Waals surface area contributed by atoms with Crippen LogP contribution in [-0.4, -0.2) is 101 Å². The highest BCUT2D eigenvalue weighted by atomic mass is 32.2. The largest absolute Gasteiger partial charge is 0.428 e. The maximum Gasteiger partial charge on any atom is 0.428 e. The van der Waals surface area contributed by atoms with Gasteiger partial charge in [0.1, 0.15) is 0 Å². The van der Waals surface area contributed by atoms with Crippen molar-refractivity contribution in [3.63, 3.8) is 0 Å². The second-order valence-electron chi connectivity index (χ2n) is 6.94. The Morgan fingerprint density at radius 2 is 1.22 bits per heavy atom. The van der Waals surface area contributed by atoms with Crippen molar-refractivity contribution in [2.75, 3.05) is 60.1 Å². The Balaban J connectivity index is 5.18. The summed E-state index contributed by atoms with van der Waals surface area (Å²) >= 11 is 0. The van der Waals surface area contributed by atoms with Crippen LogP contribution in [0, 0.1) is 0 Å². The fourth-order valence-corrected chi connectivity index (χ4v) is 3.93. The Kier molecular flexibility index (Phi) is 10.6. The van der Waals surface area contributed by atoms with Gasteiger partial charge in [-0.1, -0.05) is 0 Å². The molecular formula is C15H29F6N3O2S. The van der Waals surface area contributed by atoms with Crippen LogP contribution in [0.15, 0.2) is 0 Å². The predicted molar refractivity (Wildman–Crippen MR) is 92.2 cm³/mol. The molecule has 0 radical (unpaired) electrons. The summed E-state index contributed by atoms with van der Waals surface area (Å²) in [7, 11) is 2.77. The molecule has 0 spiro atoms. The van der Waals surface area contributed by atoms with Crippen molar-refractivity contribution in [3.05, 3.63) is 0 Å². The molecule has 0 aliphatic heterocycles. The van der Waals surface area contributed by atoms with Crippen LogP contribution in [0.25, 0.3) is 0 Å². The zero-order valence-electron chi connectivity index (χ0n) is 16.1. The lowest BCUT2D eigenvalue weighted by molar-refractivity contribution is -0.268. The lowest BCUT2D eigenvalue weighted by atomic mass is 10.0. The lowest BCUT2D eigenvalue weighted by Crippen LogP contribution is -2.49. The average molecular weight is 429 g/mol. The number of hydrogen-bond donors (Lipinski definition) is 0. The van der Waals surface area contributed by atoms with Crippen LogP contribution in [0.3, 0.4) is 0 Å². The van der Waals surface area contributed by atoms with Gasteiger partial charge >= 0.3 is 6.18 Å². The predicted octanol–water partition coefficient (Wildman–Crippen LogP) is 2.45. The molecule has 164 valence electrons. The minimum Gasteiger partial charge on any atom is -0.309 e. The highest BCUT2D eigenvalue weighted by molar-refractivity contribution is 7.89. The van der Waals surface area contributed by atoms with E-state index in [0.29, 0.717) is 25.9 Å². The van der Waals surface area contributed by atoms with E-state index < -0.39 is 40.5 Å². The Bertz CT molecular complexity index is 514. The van der Waals surface area contributed by atoms with Crippen molar-refractivity contribution in [2.45, 2.75) is 37.5 Å². The molecular weight excluding hydrogens is 400 g/mol. The first-order valence-corrected chi connectivity index (χ1v) is 10.1. The number of alkyl halides is 6. The van der Waals surface area contributed by atoms with Gasteiger partial charge in [-0.05, 0) is 54.1 Å². The smallest absolute Gasteiger partial charge is 0.309 e. The maximum atomic E-state index is 13.8. The van der Waals surface area contributed by atoms with Crippen LogP contribution in [0.1, 0.15) is 19.3 Å². The highest BCUT2D eigenvalue weighted by Crippen LogP contribution is 2.41. The summed E-state index contributed by atoms with van der Waals surface area (Å²) < 4.78 is 103. The Morgan fingerprint density at radius 1 is 0.815 bits per heavy atom. The molecule has 0 aromatic heterocycles. The quantitative estimate of drug-likeness (QED) is 0.422. The van der Waals surface area contributed by atoms with Crippen LogP contribution in [0.5, 0.6) is 0 Å². The van der Waals surface area contributed by atoms with E-state index in [1.807, 2.05) is 0 Å². The van der Waals surface area contributed by atoms with Crippen molar-refractivity contribution >= 4 is 10.0 Å². The van der Waals surface area contributed by atoms with Gasteiger partial charge in [-0.3, -0.25) is 0 Å². The molecule has 12 heteroatoms. The van der Waals surface area contributed by atoms with Gasteiger partial charge in [0.25, 0.3) is 12.1 Å². The van der Waals surface area contributed by atoms with Gasteiger partial charge < -0.3 is 9.80 Å². The van der Waals surface area contributed by atoms with E-state index in [2.05, 4.69) is 0 Å². The summed E-state index contributed by atoms with van der Waals surface area (Å²) in [6, 6.07) is 0. The lowest BCUT2D eigenvalue weighted by Gasteiger charge is -2.29. The number of hydrogen-bond acceptors (Lipinski definition) is 4. The van der Waals surface area contributed by atoms with Crippen molar-refractivity contribution in [1.29, 1.82) is 0 Å². The summed E-state index contributed by atoms with van der Waals surface area (Å²) in [4.78, 5) is 3.61. The van der Waals surface area contributed by atoms with Crippen molar-refractivity contribution in [2.24, 2.45) is 0 Å². The van der Waals surface area contributed by atoms with E-state index in [9.17, 15) is 34.8 Å². The first-order valence-electron chi connectivity index (χ1n) is 8.44. The molecule has 0 fully saturated rings. The van der Waals surface area contributed by atoms with Crippen molar-refractivity contribution in [3.8, 4) is 0 Å². The first-order chi connectivity index (χ1) is 12.1.